The van der Waals surface area contributed by atoms with Crippen molar-refractivity contribution < 1.29 is 158 Å². The fraction of sp³-hybridized carbons (Fsp3) is 0. The van der Waals surface area contributed by atoms with Crippen LogP contribution in [0.1, 0.15) is 20.7 Å². The van der Waals surface area contributed by atoms with Crippen LogP contribution in [0.2, 0.25) is 0 Å². The molecule has 0 bridgehead atoms. The van der Waals surface area contributed by atoms with Crippen molar-refractivity contribution in [2.45, 2.75) is 0 Å². The average molecular weight is 431 g/mol. The first-order valence-corrected chi connectivity index (χ1v) is 2.99. The number of carboxylic acid groups (broad SMARTS) is 2. The molecule has 1 heterocycles. The molecule has 0 aliphatic heterocycles. The standard InChI is InChI=1S/C7H5NO4.2Cs/c9-6(10)4-1-5(7(11)12)3-8-2-4;;/h1-3H,(H,9,10)(H,11,12);;/q;2*+1/p-2. The van der Waals surface area contributed by atoms with Crippen molar-refractivity contribution >= 4 is 11.9 Å². The van der Waals surface area contributed by atoms with Crippen LogP contribution < -0.4 is 148 Å². The van der Waals surface area contributed by atoms with Gasteiger partial charge in [-0.25, -0.2) is 0 Å². The van der Waals surface area contributed by atoms with Gasteiger partial charge in [0.2, 0.25) is 0 Å². The molecule has 0 saturated carbocycles. The summed E-state index contributed by atoms with van der Waals surface area (Å²) in [5.41, 5.74) is -0.562. The number of aromatic nitrogens is 1. The number of rotatable bonds is 2. The molecule has 7 heteroatoms. The summed E-state index contributed by atoms with van der Waals surface area (Å²) in [5.74, 6) is -2.93. The molecule has 1 aromatic rings. The van der Waals surface area contributed by atoms with E-state index in [0.717, 1.165) is 18.5 Å². The predicted octanol–water partition coefficient (Wildman–Crippen LogP) is -8.18. The molecule has 0 fully saturated rings. The smallest absolute Gasteiger partial charge is 0.545 e. The molecule has 0 saturated heterocycles. The number of carbonyl (C=O) groups excluding carboxylic acids is 2. The number of pyridine rings is 1. The SMILES string of the molecule is O=C([O-])c1cncc(C(=O)[O-])c1.[Cs+].[Cs+]. The second-order valence-corrected chi connectivity index (χ2v) is 2.04. The zero-order chi connectivity index (χ0) is 9.14. The normalized spacial score (nSPS) is 8.00. The summed E-state index contributed by atoms with van der Waals surface area (Å²) in [5, 5.41) is 20.4. The van der Waals surface area contributed by atoms with Crippen molar-refractivity contribution in [3.63, 3.8) is 0 Å². The van der Waals surface area contributed by atoms with Crippen molar-refractivity contribution in [3.05, 3.63) is 29.6 Å². The zero-order valence-corrected chi connectivity index (χ0v) is 20.4. The van der Waals surface area contributed by atoms with E-state index in [4.69, 9.17) is 0 Å². The maximum Gasteiger partial charge on any atom is 1.00 e. The Bertz CT molecular complexity index is 313. The summed E-state index contributed by atoms with van der Waals surface area (Å²) in [4.78, 5) is 23.8. The van der Waals surface area contributed by atoms with Crippen LogP contribution in [0.15, 0.2) is 18.5 Å². The molecule has 0 radical (unpaired) electrons. The molecule has 0 aliphatic rings. The van der Waals surface area contributed by atoms with Gasteiger partial charge in [0.15, 0.2) is 0 Å². The third-order valence-electron chi connectivity index (χ3n) is 1.21. The van der Waals surface area contributed by atoms with E-state index in [0.29, 0.717) is 0 Å². The van der Waals surface area contributed by atoms with E-state index in [1.165, 1.54) is 0 Å². The molecule has 0 aliphatic carbocycles. The van der Waals surface area contributed by atoms with Crippen LogP contribution in [0.25, 0.3) is 0 Å². The second kappa shape index (κ2) is 9.25. The van der Waals surface area contributed by atoms with E-state index in [9.17, 15) is 19.8 Å². The number of hydrogen-bond acceptors (Lipinski definition) is 5. The molecule has 5 nitrogen and oxygen atoms in total. The van der Waals surface area contributed by atoms with Gasteiger partial charge in [0, 0.05) is 23.5 Å². The fourth-order valence-electron chi connectivity index (χ4n) is 0.663. The first-order valence-electron chi connectivity index (χ1n) is 2.99. The van der Waals surface area contributed by atoms with Crippen LogP contribution >= 0.6 is 0 Å². The Hall–Kier alpha value is 2.19. The maximum absolute atomic E-state index is 10.2. The van der Waals surface area contributed by atoms with E-state index in [1.807, 2.05) is 0 Å². The topological polar surface area (TPSA) is 93.2 Å². The zero-order valence-electron chi connectivity index (χ0n) is 7.81. The fourth-order valence-corrected chi connectivity index (χ4v) is 0.663. The van der Waals surface area contributed by atoms with Crippen molar-refractivity contribution in [2.75, 3.05) is 0 Å². The van der Waals surface area contributed by atoms with Crippen LogP contribution in [0.4, 0.5) is 0 Å². The average Bonchev–Trinajstić information content (AvgIpc) is 2.04. The monoisotopic (exact) mass is 431 g/mol. The minimum Gasteiger partial charge on any atom is -0.545 e. The van der Waals surface area contributed by atoms with Gasteiger partial charge >= 0.3 is 138 Å². The quantitative estimate of drug-likeness (QED) is 0.464. The number of nitrogens with zero attached hydrogens (tertiary/aromatic N) is 1. The summed E-state index contributed by atoms with van der Waals surface area (Å²) in [6.45, 7) is 0. The van der Waals surface area contributed by atoms with Gasteiger partial charge in [-0.15, -0.1) is 0 Å². The van der Waals surface area contributed by atoms with Crippen LogP contribution in [0, 0.1) is 0 Å². The van der Waals surface area contributed by atoms with Gasteiger partial charge in [-0.1, -0.05) is 0 Å². The van der Waals surface area contributed by atoms with E-state index in [1.54, 1.807) is 0 Å². The van der Waals surface area contributed by atoms with Crippen LogP contribution in [0.3, 0.4) is 0 Å². The molecule has 0 N–H and O–H groups in total. The van der Waals surface area contributed by atoms with Crippen molar-refractivity contribution in [2.24, 2.45) is 0 Å². The molecule has 1 aromatic heterocycles. The summed E-state index contributed by atoms with van der Waals surface area (Å²) in [7, 11) is 0. The molecule has 0 atom stereocenters. The van der Waals surface area contributed by atoms with Gasteiger partial charge in [0.25, 0.3) is 0 Å². The van der Waals surface area contributed by atoms with E-state index in [2.05, 4.69) is 4.98 Å². The molecule has 14 heavy (non-hydrogen) atoms. The summed E-state index contributed by atoms with van der Waals surface area (Å²) < 4.78 is 0. The Morgan fingerprint density at radius 2 is 1.36 bits per heavy atom. The Morgan fingerprint density at radius 1 is 1.00 bits per heavy atom. The number of hydrogen-bond donors (Lipinski definition) is 0. The van der Waals surface area contributed by atoms with Crippen LogP contribution in [0.5, 0.6) is 0 Å². The molecule has 62 valence electrons. The van der Waals surface area contributed by atoms with Gasteiger partial charge in [-0.2, -0.15) is 0 Å². The van der Waals surface area contributed by atoms with Crippen molar-refractivity contribution in [1.82, 2.24) is 4.98 Å². The molecule has 0 aromatic carbocycles. The van der Waals surface area contributed by atoms with Crippen molar-refractivity contribution in [3.8, 4) is 0 Å². The number of carboxylic acids is 2. The molecule has 0 amide bonds. The molecular weight excluding hydrogens is 428 g/mol. The van der Waals surface area contributed by atoms with Gasteiger partial charge in [0.05, 0.1) is 11.9 Å². The third kappa shape index (κ3) is 6.06. The van der Waals surface area contributed by atoms with E-state index in [-0.39, 0.29) is 149 Å². The van der Waals surface area contributed by atoms with Gasteiger partial charge < -0.3 is 19.8 Å². The Morgan fingerprint density at radius 3 is 1.64 bits per heavy atom. The molecular formula is C7H3Cs2NO4. The van der Waals surface area contributed by atoms with Gasteiger partial charge in [-0.05, 0) is 6.07 Å². The minimum absolute atomic E-state index is 0. The van der Waals surface area contributed by atoms with Gasteiger partial charge in [-0.3, -0.25) is 4.98 Å². The second-order valence-electron chi connectivity index (χ2n) is 2.04. The van der Waals surface area contributed by atoms with Crippen molar-refractivity contribution in [1.29, 1.82) is 0 Å². The first-order chi connectivity index (χ1) is 5.61. The Labute approximate surface area is 198 Å². The number of aromatic carboxylic acids is 2. The number of carbonyl (C=O) groups is 2. The largest absolute Gasteiger partial charge is 1.00 e. The minimum atomic E-state index is -1.47. The molecule has 0 unspecified atom stereocenters. The summed E-state index contributed by atoms with van der Waals surface area (Å²) in [6.07, 6.45) is 2.00. The summed E-state index contributed by atoms with van der Waals surface area (Å²) >= 11 is 0. The molecule has 1 rings (SSSR count). The Balaban J connectivity index is 0. The predicted molar refractivity (Wildman–Crippen MR) is 32.9 cm³/mol. The maximum atomic E-state index is 10.2. The van der Waals surface area contributed by atoms with Gasteiger partial charge in [0.1, 0.15) is 0 Å². The Kier molecular flexibility index (Phi) is 12.3. The van der Waals surface area contributed by atoms with Crippen LogP contribution in [-0.2, 0) is 0 Å². The third-order valence-corrected chi connectivity index (χ3v) is 1.21. The van der Waals surface area contributed by atoms with Crippen LogP contribution in [-0.4, -0.2) is 16.9 Å². The van der Waals surface area contributed by atoms with E-state index < -0.39 is 11.9 Å². The molecule has 0 spiro atoms. The first kappa shape index (κ1) is 18.6. The van der Waals surface area contributed by atoms with E-state index >= 15 is 0 Å². The summed E-state index contributed by atoms with van der Waals surface area (Å²) in [6, 6.07) is 0.928.